The maximum atomic E-state index is 13.4. The van der Waals surface area contributed by atoms with Gasteiger partial charge >= 0.3 is 0 Å². The lowest BCUT2D eigenvalue weighted by Crippen LogP contribution is -2.51. The van der Waals surface area contributed by atoms with Crippen molar-refractivity contribution in [3.8, 4) is 0 Å². The van der Waals surface area contributed by atoms with Gasteiger partial charge < -0.3 is 10.4 Å². The maximum Gasteiger partial charge on any atom is 0.294 e. The summed E-state index contributed by atoms with van der Waals surface area (Å²) in [6.07, 6.45) is -0.261. The quantitative estimate of drug-likeness (QED) is 0.760. The number of carbonyl (C=O) groups excluding carboxylic acids is 3. The number of aryl methyl sites for hydroxylation is 1. The van der Waals surface area contributed by atoms with Gasteiger partial charge in [0.2, 0.25) is 0 Å². The van der Waals surface area contributed by atoms with Crippen LogP contribution in [0, 0.1) is 6.92 Å². The number of aliphatic hydroxyl groups is 1. The van der Waals surface area contributed by atoms with E-state index in [1.165, 1.54) is 11.8 Å². The van der Waals surface area contributed by atoms with Gasteiger partial charge in [-0.25, -0.2) is 0 Å². The molecule has 2 N–H and O–H groups in total. The Kier molecular flexibility index (Phi) is 4.44. The fraction of sp³-hybridized carbons (Fsp3) is 0.190. The summed E-state index contributed by atoms with van der Waals surface area (Å²) in [6.45, 7) is 3.10. The van der Waals surface area contributed by atoms with Gasteiger partial charge in [0.15, 0.2) is 11.3 Å². The summed E-state index contributed by atoms with van der Waals surface area (Å²) in [4.78, 5) is 39.8. The number of anilines is 2. The van der Waals surface area contributed by atoms with Crippen LogP contribution < -0.4 is 10.2 Å². The topological polar surface area (TPSA) is 86.7 Å². The van der Waals surface area contributed by atoms with Gasteiger partial charge in [0.05, 0.1) is 5.69 Å². The second-order valence-electron chi connectivity index (χ2n) is 7.13. The number of hydrogen-bond donors (Lipinski definition) is 2. The van der Waals surface area contributed by atoms with E-state index in [0.717, 1.165) is 0 Å². The highest BCUT2D eigenvalue weighted by Crippen LogP contribution is 2.54. The molecule has 0 aromatic heterocycles. The van der Waals surface area contributed by atoms with Crippen LogP contribution in [0.25, 0.3) is 0 Å². The van der Waals surface area contributed by atoms with Crippen LogP contribution in [0.1, 0.15) is 24.5 Å². The predicted octanol–water partition coefficient (Wildman–Crippen LogP) is 4.29. The zero-order valence-electron chi connectivity index (χ0n) is 15.5. The van der Waals surface area contributed by atoms with Gasteiger partial charge in [-0.15, -0.1) is 0 Å². The van der Waals surface area contributed by atoms with E-state index < -0.39 is 23.1 Å². The summed E-state index contributed by atoms with van der Waals surface area (Å²) >= 11 is 12.2. The van der Waals surface area contributed by atoms with E-state index in [9.17, 15) is 19.5 Å². The molecule has 29 heavy (non-hydrogen) atoms. The van der Waals surface area contributed by atoms with Crippen LogP contribution in [0.5, 0.6) is 0 Å². The smallest absolute Gasteiger partial charge is 0.294 e. The molecular formula is C21H16Cl2N2O4. The Morgan fingerprint density at radius 2 is 1.79 bits per heavy atom. The standard InChI is InChI=1S/C21H16Cl2N2O4/c1-10-3-4-13(23)9-17(10)25-19(28)18(27)15(7-11(2)26)21(25)14-6-5-12(22)8-16(14)24-20(21)29/h3-6,8-9,27H,7H2,1-2H3,(H,24,29). The van der Waals surface area contributed by atoms with Crippen LogP contribution in [0.15, 0.2) is 47.7 Å². The number of carbonyl (C=O) groups is 3. The second-order valence-corrected chi connectivity index (χ2v) is 8.00. The third-order valence-corrected chi connectivity index (χ3v) is 5.72. The second kappa shape index (κ2) is 6.61. The van der Waals surface area contributed by atoms with Gasteiger partial charge in [-0.1, -0.05) is 35.3 Å². The van der Waals surface area contributed by atoms with E-state index in [1.807, 2.05) is 0 Å². The fourth-order valence-electron chi connectivity index (χ4n) is 4.06. The molecule has 2 amide bonds. The molecule has 1 unspecified atom stereocenters. The molecule has 4 rings (SSSR count). The number of halogens is 2. The Morgan fingerprint density at radius 3 is 2.48 bits per heavy atom. The molecule has 8 heteroatoms. The molecule has 2 heterocycles. The molecule has 1 atom stereocenters. The van der Waals surface area contributed by atoms with E-state index in [4.69, 9.17) is 23.2 Å². The maximum absolute atomic E-state index is 13.4. The van der Waals surface area contributed by atoms with Crippen molar-refractivity contribution in [2.75, 3.05) is 10.2 Å². The number of benzene rings is 2. The Hall–Kier alpha value is -2.83. The Bertz CT molecular complexity index is 1140. The number of rotatable bonds is 3. The van der Waals surface area contributed by atoms with Crippen molar-refractivity contribution in [2.24, 2.45) is 0 Å². The van der Waals surface area contributed by atoms with Crippen LogP contribution in [-0.2, 0) is 19.9 Å². The first-order valence-corrected chi connectivity index (χ1v) is 9.57. The van der Waals surface area contributed by atoms with E-state index in [1.54, 1.807) is 43.3 Å². The van der Waals surface area contributed by atoms with E-state index in [0.29, 0.717) is 32.5 Å². The summed E-state index contributed by atoms with van der Waals surface area (Å²) in [6, 6.07) is 9.72. The third-order valence-electron chi connectivity index (χ3n) is 5.25. The van der Waals surface area contributed by atoms with Gasteiger partial charge in [-0.3, -0.25) is 19.3 Å². The lowest BCUT2D eigenvalue weighted by atomic mass is 9.81. The molecule has 0 saturated carbocycles. The molecule has 2 aromatic carbocycles. The summed E-state index contributed by atoms with van der Waals surface area (Å²) in [5.41, 5.74) is 0.214. The number of nitrogens with zero attached hydrogens (tertiary/aromatic N) is 1. The van der Waals surface area contributed by atoms with Crippen LogP contribution in [0.3, 0.4) is 0 Å². The number of nitrogens with one attached hydrogen (secondary N) is 1. The highest BCUT2D eigenvalue weighted by atomic mass is 35.5. The first-order valence-electron chi connectivity index (χ1n) is 8.82. The minimum atomic E-state index is -1.71. The van der Waals surface area contributed by atoms with Crippen LogP contribution in [0.2, 0.25) is 10.0 Å². The van der Waals surface area contributed by atoms with E-state index in [-0.39, 0.29) is 17.8 Å². The summed E-state index contributed by atoms with van der Waals surface area (Å²) < 4.78 is 0. The molecule has 6 nitrogen and oxygen atoms in total. The average Bonchev–Trinajstić information content (AvgIpc) is 3.04. The summed E-state index contributed by atoms with van der Waals surface area (Å²) in [5, 5.41) is 14.2. The first-order chi connectivity index (χ1) is 13.7. The van der Waals surface area contributed by atoms with Crippen molar-refractivity contribution < 1.29 is 19.5 Å². The average molecular weight is 431 g/mol. The molecule has 0 radical (unpaired) electrons. The van der Waals surface area contributed by atoms with Crippen molar-refractivity contribution in [1.29, 1.82) is 0 Å². The Balaban J connectivity index is 2.08. The van der Waals surface area contributed by atoms with E-state index in [2.05, 4.69) is 5.32 Å². The number of aliphatic hydroxyl groups excluding tert-OH is 1. The minimum absolute atomic E-state index is 0.0351. The van der Waals surface area contributed by atoms with Crippen molar-refractivity contribution in [2.45, 2.75) is 25.8 Å². The molecule has 1 spiro atoms. The SMILES string of the molecule is CC(=O)CC1=C(O)C(=O)N(c2cc(Cl)ccc2C)C12C(=O)Nc1cc(Cl)ccc12. The Labute approximate surface area is 176 Å². The third kappa shape index (κ3) is 2.67. The van der Waals surface area contributed by atoms with Gasteiger partial charge in [-0.2, -0.15) is 0 Å². The molecule has 2 aromatic rings. The minimum Gasteiger partial charge on any atom is -0.503 e. The van der Waals surface area contributed by atoms with Gasteiger partial charge in [0.25, 0.3) is 11.8 Å². The van der Waals surface area contributed by atoms with Gasteiger partial charge in [-0.05, 0) is 43.7 Å². The largest absolute Gasteiger partial charge is 0.503 e. The lowest BCUT2D eigenvalue weighted by molar-refractivity contribution is -0.123. The zero-order chi connectivity index (χ0) is 21.1. The van der Waals surface area contributed by atoms with Crippen LogP contribution >= 0.6 is 23.2 Å². The molecule has 0 bridgehead atoms. The van der Waals surface area contributed by atoms with Crippen molar-refractivity contribution in [3.63, 3.8) is 0 Å². The molecule has 0 fully saturated rings. The molecular weight excluding hydrogens is 415 g/mol. The highest BCUT2D eigenvalue weighted by molar-refractivity contribution is 6.32. The van der Waals surface area contributed by atoms with Crippen molar-refractivity contribution in [1.82, 2.24) is 0 Å². The molecule has 0 saturated heterocycles. The monoisotopic (exact) mass is 430 g/mol. The highest BCUT2D eigenvalue weighted by Gasteiger charge is 2.62. The number of hydrogen-bond acceptors (Lipinski definition) is 4. The van der Waals surface area contributed by atoms with Crippen molar-refractivity contribution >= 4 is 52.2 Å². The summed E-state index contributed by atoms with van der Waals surface area (Å²) in [7, 11) is 0. The van der Waals surface area contributed by atoms with Crippen LogP contribution in [0.4, 0.5) is 11.4 Å². The van der Waals surface area contributed by atoms with Crippen LogP contribution in [-0.4, -0.2) is 22.7 Å². The molecule has 148 valence electrons. The molecule has 2 aliphatic rings. The number of amides is 2. The molecule has 0 aliphatic carbocycles. The Morgan fingerprint density at radius 1 is 1.14 bits per heavy atom. The molecule has 2 aliphatic heterocycles. The normalized spacial score (nSPS) is 20.5. The summed E-state index contributed by atoms with van der Waals surface area (Å²) in [5.74, 6) is -2.23. The lowest BCUT2D eigenvalue weighted by Gasteiger charge is -2.36. The number of ketones is 1. The predicted molar refractivity (Wildman–Crippen MR) is 110 cm³/mol. The fourth-order valence-corrected chi connectivity index (χ4v) is 4.40. The number of Topliss-reactive ketones (excluding diaryl/α,β-unsaturated/α-hetero) is 1. The van der Waals surface area contributed by atoms with Gasteiger partial charge in [0, 0.05) is 33.3 Å². The van der Waals surface area contributed by atoms with Crippen molar-refractivity contribution in [3.05, 3.63) is 68.9 Å². The number of fused-ring (bicyclic) bond motifs is 2. The van der Waals surface area contributed by atoms with Gasteiger partial charge in [0.1, 0.15) is 5.78 Å². The zero-order valence-corrected chi connectivity index (χ0v) is 17.1. The first kappa shape index (κ1) is 19.5. The van der Waals surface area contributed by atoms with E-state index >= 15 is 0 Å².